The van der Waals surface area contributed by atoms with Gasteiger partial charge in [0.05, 0.1) is 6.04 Å². The third kappa shape index (κ3) is 2.63. The Morgan fingerprint density at radius 2 is 2.25 bits per heavy atom. The standard InChI is InChI=1S/C16H24N2OS/c1-11(2)14-16(19)18(9-8-12-5-3-6-12)15(17-14)13-7-4-10-20-13/h4,7,10-12,14-15,17H,3,5-6,8-9H2,1-2H3. The lowest BCUT2D eigenvalue weighted by atomic mass is 9.83. The molecule has 1 aliphatic carbocycles. The number of nitrogens with one attached hydrogen (secondary N) is 1. The molecule has 1 aliphatic heterocycles. The van der Waals surface area contributed by atoms with Crippen LogP contribution >= 0.6 is 11.3 Å². The van der Waals surface area contributed by atoms with Crippen molar-refractivity contribution in [3.8, 4) is 0 Å². The molecule has 2 fully saturated rings. The molecule has 0 radical (unpaired) electrons. The topological polar surface area (TPSA) is 32.3 Å². The van der Waals surface area contributed by atoms with Crippen LogP contribution in [0.1, 0.15) is 50.6 Å². The highest BCUT2D eigenvalue weighted by Gasteiger charge is 2.41. The van der Waals surface area contributed by atoms with Crippen LogP contribution in [0.3, 0.4) is 0 Å². The van der Waals surface area contributed by atoms with Gasteiger partial charge in [0, 0.05) is 11.4 Å². The van der Waals surface area contributed by atoms with E-state index < -0.39 is 0 Å². The van der Waals surface area contributed by atoms with Crippen LogP contribution < -0.4 is 5.32 Å². The monoisotopic (exact) mass is 292 g/mol. The highest BCUT2D eigenvalue weighted by atomic mass is 32.1. The van der Waals surface area contributed by atoms with Crippen LogP contribution in [0.2, 0.25) is 0 Å². The lowest BCUT2D eigenvalue weighted by molar-refractivity contribution is -0.131. The molecule has 1 aromatic rings. The maximum absolute atomic E-state index is 12.6. The van der Waals surface area contributed by atoms with Gasteiger partial charge in [0.2, 0.25) is 5.91 Å². The summed E-state index contributed by atoms with van der Waals surface area (Å²) in [5.41, 5.74) is 0. The number of nitrogens with zero attached hydrogens (tertiary/aromatic N) is 1. The molecule has 3 nitrogen and oxygen atoms in total. The lowest BCUT2D eigenvalue weighted by Gasteiger charge is -2.29. The van der Waals surface area contributed by atoms with Crippen molar-refractivity contribution >= 4 is 17.2 Å². The minimum absolute atomic E-state index is 0.0245. The van der Waals surface area contributed by atoms with E-state index in [2.05, 4.69) is 41.6 Å². The van der Waals surface area contributed by atoms with Crippen LogP contribution in [-0.2, 0) is 4.79 Å². The highest BCUT2D eigenvalue weighted by molar-refractivity contribution is 7.10. The van der Waals surface area contributed by atoms with Crippen molar-refractivity contribution in [2.75, 3.05) is 6.54 Å². The van der Waals surface area contributed by atoms with Crippen LogP contribution in [0, 0.1) is 11.8 Å². The fraction of sp³-hybridized carbons (Fsp3) is 0.688. The number of hydrogen-bond donors (Lipinski definition) is 1. The van der Waals surface area contributed by atoms with E-state index in [0.717, 1.165) is 12.5 Å². The molecule has 20 heavy (non-hydrogen) atoms. The molecule has 1 amide bonds. The third-order valence-corrected chi connectivity index (χ3v) is 5.61. The second-order valence-electron chi connectivity index (χ2n) is 6.42. The Labute approximate surface area is 125 Å². The van der Waals surface area contributed by atoms with Gasteiger partial charge in [-0.1, -0.05) is 39.2 Å². The van der Waals surface area contributed by atoms with Gasteiger partial charge in [-0.3, -0.25) is 10.1 Å². The Kier molecular flexibility index (Phi) is 4.13. The number of carbonyl (C=O) groups excluding carboxylic acids is 1. The quantitative estimate of drug-likeness (QED) is 0.902. The van der Waals surface area contributed by atoms with Crippen LogP contribution in [-0.4, -0.2) is 23.4 Å². The third-order valence-electron chi connectivity index (χ3n) is 4.68. The average Bonchev–Trinajstić information content (AvgIpc) is 2.96. The van der Waals surface area contributed by atoms with Gasteiger partial charge in [-0.25, -0.2) is 0 Å². The van der Waals surface area contributed by atoms with E-state index in [1.54, 1.807) is 11.3 Å². The Balaban J connectivity index is 1.72. The number of thiophene rings is 1. The molecular weight excluding hydrogens is 268 g/mol. The van der Waals surface area contributed by atoms with Crippen molar-refractivity contribution in [1.82, 2.24) is 10.2 Å². The summed E-state index contributed by atoms with van der Waals surface area (Å²) in [5.74, 6) is 1.49. The Morgan fingerprint density at radius 1 is 1.45 bits per heavy atom. The number of amides is 1. The number of hydrogen-bond acceptors (Lipinski definition) is 3. The smallest absolute Gasteiger partial charge is 0.241 e. The predicted octanol–water partition coefficient (Wildman–Crippen LogP) is 3.39. The van der Waals surface area contributed by atoms with Crippen LogP contribution in [0.15, 0.2) is 17.5 Å². The molecule has 2 heterocycles. The van der Waals surface area contributed by atoms with E-state index >= 15 is 0 Å². The Bertz CT molecular complexity index is 453. The summed E-state index contributed by atoms with van der Waals surface area (Å²) in [6, 6.07) is 4.18. The Hall–Kier alpha value is -0.870. The van der Waals surface area contributed by atoms with Gasteiger partial charge in [0.1, 0.15) is 6.17 Å². The Morgan fingerprint density at radius 3 is 2.80 bits per heavy atom. The predicted molar refractivity (Wildman–Crippen MR) is 82.5 cm³/mol. The fourth-order valence-electron chi connectivity index (χ4n) is 3.14. The van der Waals surface area contributed by atoms with Gasteiger partial charge in [-0.15, -0.1) is 11.3 Å². The second kappa shape index (κ2) is 5.86. The largest absolute Gasteiger partial charge is 0.321 e. The minimum Gasteiger partial charge on any atom is -0.321 e. The first-order valence-corrected chi connectivity index (χ1v) is 8.64. The van der Waals surface area contributed by atoms with Crippen LogP contribution in [0.5, 0.6) is 0 Å². The van der Waals surface area contributed by atoms with E-state index in [-0.39, 0.29) is 18.1 Å². The van der Waals surface area contributed by atoms with Gasteiger partial charge in [-0.2, -0.15) is 0 Å². The second-order valence-corrected chi connectivity index (χ2v) is 7.40. The maximum Gasteiger partial charge on any atom is 0.241 e. The average molecular weight is 292 g/mol. The molecule has 0 bridgehead atoms. The molecule has 3 rings (SSSR count). The first-order valence-electron chi connectivity index (χ1n) is 7.76. The van der Waals surface area contributed by atoms with E-state index in [1.807, 2.05) is 0 Å². The van der Waals surface area contributed by atoms with Crippen LogP contribution in [0.25, 0.3) is 0 Å². The summed E-state index contributed by atoms with van der Waals surface area (Å²) in [4.78, 5) is 16.0. The molecule has 110 valence electrons. The van der Waals surface area contributed by atoms with Crippen LogP contribution in [0.4, 0.5) is 0 Å². The first kappa shape index (κ1) is 14.1. The fourth-order valence-corrected chi connectivity index (χ4v) is 3.94. The van der Waals surface area contributed by atoms with Crippen molar-refractivity contribution in [2.24, 2.45) is 11.8 Å². The van der Waals surface area contributed by atoms with E-state index in [0.29, 0.717) is 5.92 Å². The van der Waals surface area contributed by atoms with Crippen molar-refractivity contribution in [3.63, 3.8) is 0 Å². The molecule has 0 spiro atoms. The van der Waals surface area contributed by atoms with Crippen molar-refractivity contribution in [3.05, 3.63) is 22.4 Å². The van der Waals surface area contributed by atoms with Crippen molar-refractivity contribution in [1.29, 1.82) is 0 Å². The van der Waals surface area contributed by atoms with Gasteiger partial charge in [0.25, 0.3) is 0 Å². The molecule has 1 N–H and O–H groups in total. The summed E-state index contributed by atoms with van der Waals surface area (Å²) in [6.07, 6.45) is 5.34. The van der Waals surface area contributed by atoms with Gasteiger partial charge >= 0.3 is 0 Å². The summed E-state index contributed by atoms with van der Waals surface area (Å²) in [6.45, 7) is 5.15. The summed E-state index contributed by atoms with van der Waals surface area (Å²) in [5, 5.41) is 5.63. The molecule has 1 saturated heterocycles. The van der Waals surface area contributed by atoms with Gasteiger partial charge in [0.15, 0.2) is 0 Å². The van der Waals surface area contributed by atoms with E-state index in [1.165, 1.54) is 30.6 Å². The number of rotatable bonds is 5. The van der Waals surface area contributed by atoms with E-state index in [4.69, 9.17) is 0 Å². The highest BCUT2D eigenvalue weighted by Crippen LogP contribution is 2.34. The molecule has 4 heteroatoms. The van der Waals surface area contributed by atoms with Crippen molar-refractivity contribution in [2.45, 2.75) is 51.7 Å². The SMILES string of the molecule is CC(C)C1NC(c2cccs2)N(CCC2CCC2)C1=O. The zero-order chi connectivity index (χ0) is 14.1. The zero-order valence-corrected chi connectivity index (χ0v) is 13.2. The molecular formula is C16H24N2OS. The first-order chi connectivity index (χ1) is 9.66. The minimum atomic E-state index is -0.0245. The lowest BCUT2D eigenvalue weighted by Crippen LogP contribution is -2.35. The maximum atomic E-state index is 12.6. The van der Waals surface area contributed by atoms with Gasteiger partial charge < -0.3 is 4.90 Å². The molecule has 2 atom stereocenters. The molecule has 0 aromatic carbocycles. The number of carbonyl (C=O) groups is 1. The van der Waals surface area contributed by atoms with E-state index in [9.17, 15) is 4.79 Å². The normalized spacial score (nSPS) is 27.4. The molecule has 2 aliphatic rings. The van der Waals surface area contributed by atoms with Crippen molar-refractivity contribution < 1.29 is 4.79 Å². The molecule has 1 saturated carbocycles. The zero-order valence-electron chi connectivity index (χ0n) is 12.3. The summed E-state index contributed by atoms with van der Waals surface area (Å²) < 4.78 is 0. The summed E-state index contributed by atoms with van der Waals surface area (Å²) >= 11 is 1.74. The summed E-state index contributed by atoms with van der Waals surface area (Å²) in [7, 11) is 0. The van der Waals surface area contributed by atoms with Gasteiger partial charge in [-0.05, 0) is 29.7 Å². The molecule has 2 unspecified atom stereocenters. The molecule has 1 aromatic heterocycles.